The van der Waals surface area contributed by atoms with Crippen LogP contribution in [0.25, 0.3) is 11.1 Å². The van der Waals surface area contributed by atoms with Crippen LogP contribution in [0, 0.1) is 5.92 Å². The molecule has 0 N–H and O–H groups in total. The number of rotatable bonds is 14. The van der Waals surface area contributed by atoms with Gasteiger partial charge in [0.2, 0.25) is 0 Å². The highest BCUT2D eigenvalue weighted by Crippen LogP contribution is 2.38. The fraction of sp³-hybridized carbons (Fsp3) is 0.548. The standard InChI is InChI=1S/C31H44O/c1-3-5-6-7-8-9-10-11-26-12-16-28(17-13-26)30-20-22-31(23-21-30)29-18-14-27(15-19-29)25-32-24-4-2/h4,14-15,18-23,26,28H,2-3,5-13,16-17,24-25H2,1H3. The molecule has 0 spiro atoms. The summed E-state index contributed by atoms with van der Waals surface area (Å²) in [6, 6.07) is 18.1. The van der Waals surface area contributed by atoms with Crippen LogP contribution in [0.2, 0.25) is 0 Å². The van der Waals surface area contributed by atoms with Crippen LogP contribution in [0.4, 0.5) is 0 Å². The molecule has 3 rings (SSSR count). The van der Waals surface area contributed by atoms with Crippen molar-refractivity contribution < 1.29 is 4.74 Å². The summed E-state index contributed by atoms with van der Waals surface area (Å²) < 4.78 is 5.53. The Morgan fingerprint density at radius 1 is 0.781 bits per heavy atom. The number of unbranched alkanes of at least 4 members (excludes halogenated alkanes) is 6. The summed E-state index contributed by atoms with van der Waals surface area (Å²) in [5, 5.41) is 0. The molecule has 0 saturated heterocycles. The molecule has 32 heavy (non-hydrogen) atoms. The van der Waals surface area contributed by atoms with E-state index >= 15 is 0 Å². The first kappa shape index (κ1) is 24.8. The van der Waals surface area contributed by atoms with Crippen LogP contribution in [0.15, 0.2) is 61.2 Å². The second-order valence-electron chi connectivity index (χ2n) is 9.75. The topological polar surface area (TPSA) is 9.23 Å². The monoisotopic (exact) mass is 432 g/mol. The molecule has 0 atom stereocenters. The third-order valence-electron chi connectivity index (χ3n) is 7.24. The van der Waals surface area contributed by atoms with Gasteiger partial charge in [0.15, 0.2) is 0 Å². The molecular weight excluding hydrogens is 388 g/mol. The lowest BCUT2D eigenvalue weighted by Gasteiger charge is -2.29. The highest BCUT2D eigenvalue weighted by molar-refractivity contribution is 5.64. The third kappa shape index (κ3) is 8.24. The number of ether oxygens (including phenoxy) is 1. The second kappa shape index (κ2) is 14.3. The van der Waals surface area contributed by atoms with E-state index in [0.29, 0.717) is 13.2 Å². The second-order valence-corrected chi connectivity index (χ2v) is 9.75. The molecule has 1 fully saturated rings. The molecule has 174 valence electrons. The molecule has 2 aromatic carbocycles. The molecule has 2 aromatic rings. The van der Waals surface area contributed by atoms with Crippen LogP contribution in [0.3, 0.4) is 0 Å². The van der Waals surface area contributed by atoms with Crippen molar-refractivity contribution in [2.45, 2.75) is 96.5 Å². The molecule has 1 aliphatic rings. The van der Waals surface area contributed by atoms with Crippen LogP contribution in [-0.4, -0.2) is 6.61 Å². The highest BCUT2D eigenvalue weighted by Gasteiger charge is 2.22. The molecule has 0 amide bonds. The largest absolute Gasteiger partial charge is 0.373 e. The SMILES string of the molecule is C=CCOCc1ccc(-c2ccc(C3CCC(CCCCCCCCC)CC3)cc2)cc1. The fourth-order valence-electron chi connectivity index (χ4n) is 5.18. The van der Waals surface area contributed by atoms with E-state index in [4.69, 9.17) is 4.74 Å². The van der Waals surface area contributed by atoms with Crippen molar-refractivity contribution in [3.63, 3.8) is 0 Å². The van der Waals surface area contributed by atoms with Gasteiger partial charge in [0, 0.05) is 0 Å². The Kier molecular flexibility index (Phi) is 11.1. The van der Waals surface area contributed by atoms with Crippen molar-refractivity contribution in [1.29, 1.82) is 0 Å². The minimum absolute atomic E-state index is 0.601. The van der Waals surface area contributed by atoms with Crippen LogP contribution in [0.5, 0.6) is 0 Å². The zero-order valence-electron chi connectivity index (χ0n) is 20.4. The summed E-state index contributed by atoms with van der Waals surface area (Å²) in [5.74, 6) is 1.74. The van der Waals surface area contributed by atoms with Crippen LogP contribution >= 0.6 is 0 Å². The summed E-state index contributed by atoms with van der Waals surface area (Å²) in [4.78, 5) is 0. The molecule has 0 heterocycles. The Bertz CT molecular complexity index is 750. The Morgan fingerprint density at radius 2 is 1.38 bits per heavy atom. The van der Waals surface area contributed by atoms with Crippen molar-refractivity contribution in [1.82, 2.24) is 0 Å². The van der Waals surface area contributed by atoms with E-state index in [1.165, 1.54) is 99.3 Å². The van der Waals surface area contributed by atoms with Crippen LogP contribution in [-0.2, 0) is 11.3 Å². The Labute approximate surface area is 197 Å². The fourth-order valence-corrected chi connectivity index (χ4v) is 5.18. The number of benzene rings is 2. The molecule has 0 bridgehead atoms. The van der Waals surface area contributed by atoms with E-state index in [9.17, 15) is 0 Å². The molecular formula is C31H44O. The lowest BCUT2D eigenvalue weighted by molar-refractivity contribution is 0.149. The van der Waals surface area contributed by atoms with Crippen LogP contribution < -0.4 is 0 Å². The van der Waals surface area contributed by atoms with Crippen LogP contribution in [0.1, 0.15) is 101 Å². The predicted molar refractivity (Wildman–Crippen MR) is 139 cm³/mol. The average molecular weight is 433 g/mol. The van der Waals surface area contributed by atoms with Crippen molar-refractivity contribution >= 4 is 0 Å². The van der Waals surface area contributed by atoms with Gasteiger partial charge in [0.25, 0.3) is 0 Å². The summed E-state index contributed by atoms with van der Waals surface area (Å²) in [6.07, 6.45) is 18.9. The lowest BCUT2D eigenvalue weighted by atomic mass is 9.77. The van der Waals surface area contributed by atoms with E-state index in [-0.39, 0.29) is 0 Å². The Balaban J connectivity index is 1.39. The zero-order chi connectivity index (χ0) is 22.4. The predicted octanol–water partition coefficient (Wildman–Crippen LogP) is 9.47. The van der Waals surface area contributed by atoms with Gasteiger partial charge in [-0.2, -0.15) is 0 Å². The molecule has 1 aliphatic carbocycles. The third-order valence-corrected chi connectivity index (χ3v) is 7.24. The quantitative estimate of drug-likeness (QED) is 0.213. The first-order valence-electron chi connectivity index (χ1n) is 13.2. The van der Waals surface area contributed by atoms with Gasteiger partial charge < -0.3 is 4.74 Å². The van der Waals surface area contributed by atoms with Gasteiger partial charge in [-0.3, -0.25) is 0 Å². The van der Waals surface area contributed by atoms with Gasteiger partial charge in [0.1, 0.15) is 0 Å². The van der Waals surface area contributed by atoms with Gasteiger partial charge in [0.05, 0.1) is 13.2 Å². The minimum atomic E-state index is 0.601. The molecule has 0 radical (unpaired) electrons. The van der Waals surface area contributed by atoms with Crippen molar-refractivity contribution in [2.24, 2.45) is 5.92 Å². The maximum absolute atomic E-state index is 5.53. The van der Waals surface area contributed by atoms with Gasteiger partial charge in [-0.15, -0.1) is 6.58 Å². The smallest absolute Gasteiger partial charge is 0.0721 e. The van der Waals surface area contributed by atoms with E-state index in [2.05, 4.69) is 62.0 Å². The highest BCUT2D eigenvalue weighted by atomic mass is 16.5. The zero-order valence-corrected chi connectivity index (χ0v) is 20.4. The molecule has 1 heteroatoms. The van der Waals surface area contributed by atoms with E-state index in [1.54, 1.807) is 6.08 Å². The van der Waals surface area contributed by atoms with Gasteiger partial charge in [-0.05, 0) is 59.8 Å². The molecule has 1 saturated carbocycles. The summed E-state index contributed by atoms with van der Waals surface area (Å²) >= 11 is 0. The Morgan fingerprint density at radius 3 is 2.00 bits per heavy atom. The summed E-state index contributed by atoms with van der Waals surface area (Å²) in [6.45, 7) is 7.24. The first-order chi connectivity index (χ1) is 15.8. The maximum atomic E-state index is 5.53. The first-order valence-corrected chi connectivity index (χ1v) is 13.2. The lowest BCUT2D eigenvalue weighted by Crippen LogP contribution is -2.13. The van der Waals surface area contributed by atoms with E-state index < -0.39 is 0 Å². The molecule has 0 unspecified atom stereocenters. The van der Waals surface area contributed by atoms with Gasteiger partial charge in [-0.25, -0.2) is 0 Å². The van der Waals surface area contributed by atoms with E-state index in [0.717, 1.165) is 11.8 Å². The van der Waals surface area contributed by atoms with Gasteiger partial charge >= 0.3 is 0 Å². The molecule has 0 aliphatic heterocycles. The summed E-state index contributed by atoms with van der Waals surface area (Å²) in [5.41, 5.74) is 5.33. The van der Waals surface area contributed by atoms with Gasteiger partial charge in [-0.1, -0.05) is 113 Å². The molecule has 0 aromatic heterocycles. The van der Waals surface area contributed by atoms with E-state index in [1.807, 2.05) is 0 Å². The summed E-state index contributed by atoms with van der Waals surface area (Å²) in [7, 11) is 0. The Hall–Kier alpha value is -1.86. The number of hydrogen-bond donors (Lipinski definition) is 0. The maximum Gasteiger partial charge on any atom is 0.0721 e. The average Bonchev–Trinajstić information content (AvgIpc) is 2.85. The van der Waals surface area contributed by atoms with Crippen molar-refractivity contribution in [3.8, 4) is 11.1 Å². The number of hydrogen-bond acceptors (Lipinski definition) is 1. The minimum Gasteiger partial charge on any atom is -0.373 e. The van der Waals surface area contributed by atoms with Crippen molar-refractivity contribution in [2.75, 3.05) is 6.61 Å². The molecule has 1 nitrogen and oxygen atoms in total. The van der Waals surface area contributed by atoms with Crippen molar-refractivity contribution in [3.05, 3.63) is 72.3 Å². The normalized spacial score (nSPS) is 18.5.